The Kier molecular flexibility index (Phi) is 3.26. The minimum absolute atomic E-state index is 0.0370. The molecule has 5 heteroatoms. The van der Waals surface area contributed by atoms with Gasteiger partial charge in [-0.2, -0.15) is 8.42 Å². The van der Waals surface area contributed by atoms with Crippen molar-refractivity contribution in [3.8, 4) is 0 Å². The first-order valence-corrected chi connectivity index (χ1v) is 5.88. The van der Waals surface area contributed by atoms with Crippen LogP contribution in [0.2, 0.25) is 0 Å². The van der Waals surface area contributed by atoms with E-state index in [0.717, 1.165) is 0 Å². The molecule has 0 aliphatic carbocycles. The lowest BCUT2D eigenvalue weighted by Gasteiger charge is -2.07. The zero-order valence-electron chi connectivity index (χ0n) is 8.47. The smallest absolute Gasteiger partial charge is 0.294 e. The number of rotatable bonds is 3. The van der Waals surface area contributed by atoms with E-state index in [1.165, 1.54) is 18.2 Å². The minimum atomic E-state index is -4.33. The van der Waals surface area contributed by atoms with Crippen molar-refractivity contribution in [3.05, 3.63) is 29.8 Å². The van der Waals surface area contributed by atoms with Crippen LogP contribution in [0.25, 0.3) is 0 Å². The van der Waals surface area contributed by atoms with E-state index in [2.05, 4.69) is 0 Å². The highest BCUT2D eigenvalue weighted by atomic mass is 32.2. The summed E-state index contributed by atoms with van der Waals surface area (Å²) in [5, 5.41) is 0. The summed E-state index contributed by atoms with van der Waals surface area (Å²) in [7, 11) is -4.33. The molecule has 15 heavy (non-hydrogen) atoms. The molecule has 82 valence electrons. The van der Waals surface area contributed by atoms with E-state index in [9.17, 15) is 13.2 Å². The monoisotopic (exact) mass is 228 g/mol. The fourth-order valence-electron chi connectivity index (χ4n) is 1.21. The van der Waals surface area contributed by atoms with Gasteiger partial charge < -0.3 is 0 Å². The molecule has 0 bridgehead atoms. The molecule has 1 N–H and O–H groups in total. The Balaban J connectivity index is 3.38. The highest BCUT2D eigenvalue weighted by Crippen LogP contribution is 2.18. The van der Waals surface area contributed by atoms with Crippen LogP contribution in [0.1, 0.15) is 24.2 Å². The third-order valence-corrected chi connectivity index (χ3v) is 2.87. The molecular formula is C10H12O4S. The lowest BCUT2D eigenvalue weighted by atomic mass is 10.0. The van der Waals surface area contributed by atoms with Crippen molar-refractivity contribution in [2.75, 3.05) is 0 Å². The normalized spacial score (nSPS) is 11.7. The van der Waals surface area contributed by atoms with Crippen LogP contribution in [0.4, 0.5) is 0 Å². The summed E-state index contributed by atoms with van der Waals surface area (Å²) in [5.41, 5.74) is 0.0370. The molecule has 0 saturated carbocycles. The maximum absolute atomic E-state index is 11.6. The average molecular weight is 228 g/mol. The summed E-state index contributed by atoms with van der Waals surface area (Å²) >= 11 is 0. The van der Waals surface area contributed by atoms with Gasteiger partial charge in [-0.1, -0.05) is 26.0 Å². The lowest BCUT2D eigenvalue weighted by molar-refractivity contribution is 0.0935. The van der Waals surface area contributed by atoms with Gasteiger partial charge in [0.05, 0.1) is 0 Å². The molecule has 0 aliphatic rings. The van der Waals surface area contributed by atoms with Gasteiger partial charge in [-0.15, -0.1) is 0 Å². The van der Waals surface area contributed by atoms with Gasteiger partial charge in [0.15, 0.2) is 5.78 Å². The van der Waals surface area contributed by atoms with Crippen molar-refractivity contribution in [1.82, 2.24) is 0 Å². The third-order valence-electron chi connectivity index (χ3n) is 1.95. The van der Waals surface area contributed by atoms with Gasteiger partial charge in [0.2, 0.25) is 0 Å². The molecule has 0 unspecified atom stereocenters. The van der Waals surface area contributed by atoms with Crippen molar-refractivity contribution in [2.24, 2.45) is 5.92 Å². The average Bonchev–Trinajstić information content (AvgIpc) is 2.15. The Labute approximate surface area is 88.7 Å². The van der Waals surface area contributed by atoms with Gasteiger partial charge in [-0.25, -0.2) is 0 Å². The van der Waals surface area contributed by atoms with Gasteiger partial charge in [0.1, 0.15) is 4.90 Å². The molecule has 0 fully saturated rings. The molecule has 0 saturated heterocycles. The van der Waals surface area contributed by atoms with Crippen LogP contribution in [-0.2, 0) is 10.1 Å². The summed E-state index contributed by atoms with van der Waals surface area (Å²) in [5.74, 6) is -0.615. The summed E-state index contributed by atoms with van der Waals surface area (Å²) < 4.78 is 30.9. The van der Waals surface area contributed by atoms with E-state index in [0.29, 0.717) is 0 Å². The molecule has 1 aromatic carbocycles. The van der Waals surface area contributed by atoms with E-state index < -0.39 is 10.1 Å². The van der Waals surface area contributed by atoms with E-state index in [-0.39, 0.29) is 22.2 Å². The van der Waals surface area contributed by atoms with E-state index in [1.54, 1.807) is 19.9 Å². The Hall–Kier alpha value is -1.20. The number of carbonyl (C=O) groups is 1. The quantitative estimate of drug-likeness (QED) is 0.632. The van der Waals surface area contributed by atoms with Crippen LogP contribution in [0.5, 0.6) is 0 Å². The molecule has 0 atom stereocenters. The second-order valence-corrected chi connectivity index (χ2v) is 4.88. The number of carbonyl (C=O) groups excluding carboxylic acids is 1. The van der Waals surface area contributed by atoms with Gasteiger partial charge in [-0.05, 0) is 12.1 Å². The fraction of sp³-hybridized carbons (Fsp3) is 0.300. The minimum Gasteiger partial charge on any atom is -0.294 e. The molecule has 0 aliphatic heterocycles. The van der Waals surface area contributed by atoms with Gasteiger partial charge in [0, 0.05) is 11.5 Å². The number of hydrogen-bond donors (Lipinski definition) is 1. The van der Waals surface area contributed by atoms with E-state index in [4.69, 9.17) is 4.55 Å². The molecule has 4 nitrogen and oxygen atoms in total. The van der Waals surface area contributed by atoms with E-state index in [1.807, 2.05) is 0 Å². The van der Waals surface area contributed by atoms with Crippen LogP contribution in [0, 0.1) is 5.92 Å². The molecule has 0 radical (unpaired) electrons. The Morgan fingerprint density at radius 2 is 1.80 bits per heavy atom. The van der Waals surface area contributed by atoms with Crippen molar-refractivity contribution in [2.45, 2.75) is 18.7 Å². The maximum Gasteiger partial charge on any atom is 0.295 e. The summed E-state index contributed by atoms with van der Waals surface area (Å²) in [4.78, 5) is 11.3. The van der Waals surface area contributed by atoms with Crippen molar-refractivity contribution < 1.29 is 17.8 Å². The van der Waals surface area contributed by atoms with Crippen molar-refractivity contribution >= 4 is 15.9 Å². The van der Waals surface area contributed by atoms with Gasteiger partial charge in [0.25, 0.3) is 10.1 Å². The Bertz CT molecular complexity index is 474. The molecule has 1 aromatic rings. The molecule has 1 rings (SSSR count). The zero-order chi connectivity index (χ0) is 11.6. The van der Waals surface area contributed by atoms with Crippen LogP contribution in [0.3, 0.4) is 0 Å². The highest BCUT2D eigenvalue weighted by molar-refractivity contribution is 7.86. The van der Waals surface area contributed by atoms with Crippen LogP contribution in [0.15, 0.2) is 29.2 Å². The number of hydrogen-bond acceptors (Lipinski definition) is 3. The summed E-state index contributed by atoms with van der Waals surface area (Å²) in [6.07, 6.45) is 0. The highest BCUT2D eigenvalue weighted by Gasteiger charge is 2.21. The first-order chi connectivity index (χ1) is 6.84. The largest absolute Gasteiger partial charge is 0.295 e. The molecule has 0 amide bonds. The van der Waals surface area contributed by atoms with Crippen LogP contribution in [-0.4, -0.2) is 18.8 Å². The summed E-state index contributed by atoms with van der Waals surface area (Å²) in [6, 6.07) is 5.63. The predicted octanol–water partition coefficient (Wildman–Crippen LogP) is 1.77. The zero-order valence-corrected chi connectivity index (χ0v) is 9.28. The number of ketones is 1. The topological polar surface area (TPSA) is 71.4 Å². The molecule has 0 spiro atoms. The van der Waals surface area contributed by atoms with Crippen molar-refractivity contribution in [3.63, 3.8) is 0 Å². The second-order valence-electron chi connectivity index (χ2n) is 3.49. The fourth-order valence-corrected chi connectivity index (χ4v) is 1.90. The molecule has 0 heterocycles. The first-order valence-electron chi connectivity index (χ1n) is 4.44. The molecular weight excluding hydrogens is 216 g/mol. The Morgan fingerprint density at radius 3 is 2.27 bits per heavy atom. The maximum atomic E-state index is 11.6. The van der Waals surface area contributed by atoms with Crippen LogP contribution < -0.4 is 0 Å². The predicted molar refractivity (Wildman–Crippen MR) is 55.4 cm³/mol. The first kappa shape index (κ1) is 11.9. The third kappa shape index (κ3) is 2.64. The lowest BCUT2D eigenvalue weighted by Crippen LogP contribution is -2.13. The molecule has 0 aromatic heterocycles. The standard InChI is InChI=1S/C10H12O4S/c1-7(2)10(11)8-5-3-4-6-9(8)15(12,13)14/h3-7H,1-2H3,(H,12,13,14). The van der Waals surface area contributed by atoms with Gasteiger partial charge in [-0.3, -0.25) is 9.35 Å². The Morgan fingerprint density at radius 1 is 1.27 bits per heavy atom. The SMILES string of the molecule is CC(C)C(=O)c1ccccc1S(=O)(=O)O. The number of benzene rings is 1. The van der Waals surface area contributed by atoms with Crippen molar-refractivity contribution in [1.29, 1.82) is 0 Å². The summed E-state index contributed by atoms with van der Waals surface area (Å²) in [6.45, 7) is 3.34. The van der Waals surface area contributed by atoms with E-state index >= 15 is 0 Å². The second kappa shape index (κ2) is 4.12. The number of Topliss-reactive ketones (excluding diaryl/α,β-unsaturated/α-hetero) is 1. The van der Waals surface area contributed by atoms with Crippen LogP contribution >= 0.6 is 0 Å². The van der Waals surface area contributed by atoms with Gasteiger partial charge >= 0.3 is 0 Å².